The number of fused-ring (bicyclic) bond motifs is 1. The highest BCUT2D eigenvalue weighted by Gasteiger charge is 2.35. The second kappa shape index (κ2) is 9.45. The van der Waals surface area contributed by atoms with Crippen LogP contribution in [0.4, 0.5) is 10.1 Å². The number of imidazole rings is 1. The molecule has 1 aromatic heterocycles. The summed E-state index contributed by atoms with van der Waals surface area (Å²) in [4.78, 5) is 19.2. The molecular formula is C27H26FN3O2. The van der Waals surface area contributed by atoms with Crippen molar-refractivity contribution in [3.63, 3.8) is 0 Å². The summed E-state index contributed by atoms with van der Waals surface area (Å²) in [6.45, 7) is 1.87. The number of carbonyl (C=O) groups excluding carboxylic acids is 1. The third kappa shape index (κ3) is 4.46. The number of halogens is 1. The van der Waals surface area contributed by atoms with Crippen LogP contribution >= 0.6 is 0 Å². The molecule has 0 radical (unpaired) electrons. The molecule has 0 N–H and O–H groups in total. The van der Waals surface area contributed by atoms with Gasteiger partial charge in [-0.25, -0.2) is 9.37 Å². The minimum Gasteiger partial charge on any atom is -0.494 e. The summed E-state index contributed by atoms with van der Waals surface area (Å²) < 4.78 is 22.4. The van der Waals surface area contributed by atoms with Crippen LogP contribution in [0.2, 0.25) is 0 Å². The zero-order valence-corrected chi connectivity index (χ0v) is 18.4. The zero-order chi connectivity index (χ0) is 22.6. The predicted molar refractivity (Wildman–Crippen MR) is 127 cm³/mol. The Kier molecular flexibility index (Phi) is 6.07. The molecule has 1 saturated heterocycles. The van der Waals surface area contributed by atoms with Gasteiger partial charge in [-0.05, 0) is 49.2 Å². The quantitative estimate of drug-likeness (QED) is 0.335. The first-order valence-electron chi connectivity index (χ1n) is 11.4. The van der Waals surface area contributed by atoms with E-state index in [0.29, 0.717) is 25.3 Å². The first-order valence-corrected chi connectivity index (χ1v) is 11.4. The van der Waals surface area contributed by atoms with Gasteiger partial charge in [0.1, 0.15) is 17.4 Å². The third-order valence-electron chi connectivity index (χ3n) is 6.11. The van der Waals surface area contributed by atoms with Crippen molar-refractivity contribution < 1.29 is 13.9 Å². The number of rotatable bonds is 8. The minimum absolute atomic E-state index is 0.0695. The molecule has 1 aliphatic heterocycles. The fraction of sp³-hybridized carbons (Fsp3) is 0.259. The molecule has 6 heteroatoms. The van der Waals surface area contributed by atoms with Gasteiger partial charge < -0.3 is 14.2 Å². The van der Waals surface area contributed by atoms with Crippen molar-refractivity contribution >= 4 is 22.6 Å². The van der Waals surface area contributed by atoms with Gasteiger partial charge in [0.25, 0.3) is 0 Å². The van der Waals surface area contributed by atoms with Gasteiger partial charge >= 0.3 is 0 Å². The molecule has 5 rings (SSSR count). The van der Waals surface area contributed by atoms with Crippen LogP contribution in [0.5, 0.6) is 5.75 Å². The van der Waals surface area contributed by atoms with E-state index in [2.05, 4.69) is 10.6 Å². The smallest absolute Gasteiger partial charge is 0.227 e. The van der Waals surface area contributed by atoms with Crippen LogP contribution in [0.1, 0.15) is 31.0 Å². The van der Waals surface area contributed by atoms with E-state index in [9.17, 15) is 9.18 Å². The Bertz CT molecular complexity index is 1250. The van der Waals surface area contributed by atoms with E-state index in [0.717, 1.165) is 42.0 Å². The summed E-state index contributed by atoms with van der Waals surface area (Å²) in [6.07, 6.45) is 2.17. The fourth-order valence-electron chi connectivity index (χ4n) is 4.50. The Balaban J connectivity index is 1.32. The molecule has 1 aliphatic rings. The van der Waals surface area contributed by atoms with Crippen LogP contribution in [-0.4, -0.2) is 28.6 Å². The number of para-hydroxylation sites is 4. The standard InChI is InChI=1S/C27H26FN3O2/c28-22-12-4-6-14-24(22)31-19-20(18-26(31)32)27-29-23-13-5-7-15-25(23)30(27)16-8-9-17-33-21-10-2-1-3-11-21/h1-7,10-15,20H,8-9,16-19H2/t20-/m1/s1. The van der Waals surface area contributed by atoms with Crippen molar-refractivity contribution in [2.24, 2.45) is 0 Å². The maximum absolute atomic E-state index is 14.3. The van der Waals surface area contributed by atoms with Crippen LogP contribution < -0.4 is 9.64 Å². The Hall–Kier alpha value is -3.67. The van der Waals surface area contributed by atoms with E-state index < -0.39 is 0 Å². The van der Waals surface area contributed by atoms with E-state index in [4.69, 9.17) is 9.72 Å². The number of anilines is 1. The number of aromatic nitrogens is 2. The Morgan fingerprint density at radius 3 is 2.55 bits per heavy atom. The summed E-state index contributed by atoms with van der Waals surface area (Å²) >= 11 is 0. The monoisotopic (exact) mass is 443 g/mol. The summed E-state index contributed by atoms with van der Waals surface area (Å²) in [7, 11) is 0. The van der Waals surface area contributed by atoms with Crippen molar-refractivity contribution in [2.75, 3.05) is 18.1 Å². The minimum atomic E-state index is -0.376. The van der Waals surface area contributed by atoms with Gasteiger partial charge in [-0.2, -0.15) is 0 Å². The lowest BCUT2D eigenvalue weighted by molar-refractivity contribution is -0.117. The average molecular weight is 444 g/mol. The van der Waals surface area contributed by atoms with E-state index in [1.165, 1.54) is 6.07 Å². The molecule has 0 bridgehead atoms. The molecule has 4 aromatic rings. The van der Waals surface area contributed by atoms with Crippen molar-refractivity contribution in [2.45, 2.75) is 31.7 Å². The highest BCUT2D eigenvalue weighted by atomic mass is 19.1. The molecule has 1 fully saturated rings. The molecule has 5 nitrogen and oxygen atoms in total. The molecule has 3 aromatic carbocycles. The van der Waals surface area contributed by atoms with Crippen LogP contribution in [0.25, 0.3) is 11.0 Å². The summed E-state index contributed by atoms with van der Waals surface area (Å²) in [6, 6.07) is 24.3. The lowest BCUT2D eigenvalue weighted by atomic mass is 10.1. The second-order valence-electron chi connectivity index (χ2n) is 8.34. The van der Waals surface area contributed by atoms with Gasteiger partial charge in [-0.15, -0.1) is 0 Å². The molecule has 1 amide bonds. The largest absolute Gasteiger partial charge is 0.494 e. The molecular weight excluding hydrogens is 417 g/mol. The van der Waals surface area contributed by atoms with E-state index >= 15 is 0 Å². The molecule has 0 unspecified atom stereocenters. The Morgan fingerprint density at radius 2 is 1.70 bits per heavy atom. The van der Waals surface area contributed by atoms with Crippen molar-refractivity contribution in [3.8, 4) is 5.75 Å². The first kappa shape index (κ1) is 21.2. The summed E-state index contributed by atoms with van der Waals surface area (Å²) in [5.74, 6) is 1.25. The van der Waals surface area contributed by atoms with Gasteiger partial charge in [-0.3, -0.25) is 4.79 Å². The molecule has 1 atom stereocenters. The van der Waals surface area contributed by atoms with Crippen molar-refractivity contribution in [3.05, 3.63) is 90.5 Å². The zero-order valence-electron chi connectivity index (χ0n) is 18.4. The van der Waals surface area contributed by atoms with Gasteiger partial charge in [0.2, 0.25) is 5.91 Å². The number of nitrogens with zero attached hydrogens (tertiary/aromatic N) is 3. The number of hydrogen-bond donors (Lipinski definition) is 0. The third-order valence-corrected chi connectivity index (χ3v) is 6.11. The normalized spacial score (nSPS) is 16.0. The molecule has 0 saturated carbocycles. The van der Waals surface area contributed by atoms with E-state index in [1.54, 1.807) is 23.1 Å². The van der Waals surface area contributed by atoms with Crippen molar-refractivity contribution in [1.82, 2.24) is 9.55 Å². The van der Waals surface area contributed by atoms with Crippen LogP contribution in [-0.2, 0) is 11.3 Å². The van der Waals surface area contributed by atoms with Gasteiger partial charge in [0, 0.05) is 25.4 Å². The van der Waals surface area contributed by atoms with Gasteiger partial charge in [0.05, 0.1) is 23.3 Å². The molecule has 0 aliphatic carbocycles. The average Bonchev–Trinajstić information content (AvgIpc) is 3.40. The number of amides is 1. The number of hydrogen-bond acceptors (Lipinski definition) is 3. The van der Waals surface area contributed by atoms with Crippen molar-refractivity contribution in [1.29, 1.82) is 0 Å². The fourth-order valence-corrected chi connectivity index (χ4v) is 4.50. The Labute approximate surface area is 192 Å². The maximum Gasteiger partial charge on any atom is 0.227 e. The molecule has 168 valence electrons. The van der Waals surface area contributed by atoms with Crippen LogP contribution in [0.15, 0.2) is 78.9 Å². The highest BCUT2D eigenvalue weighted by molar-refractivity contribution is 5.96. The first-order chi connectivity index (χ1) is 16.2. The second-order valence-corrected chi connectivity index (χ2v) is 8.34. The van der Waals surface area contributed by atoms with E-state index in [1.807, 2.05) is 48.5 Å². The van der Waals surface area contributed by atoms with E-state index in [-0.39, 0.29) is 17.6 Å². The van der Waals surface area contributed by atoms with Gasteiger partial charge in [0.15, 0.2) is 0 Å². The number of unbranched alkanes of at least 4 members (excludes halogenated alkanes) is 1. The van der Waals surface area contributed by atoms with Crippen LogP contribution in [0, 0.1) is 5.82 Å². The number of benzene rings is 3. The molecule has 2 heterocycles. The summed E-state index contributed by atoms with van der Waals surface area (Å²) in [5, 5.41) is 0. The SMILES string of the molecule is O=C1C[C@@H](c2nc3ccccc3n2CCCCOc2ccccc2)CN1c1ccccc1F. The maximum atomic E-state index is 14.3. The molecule has 33 heavy (non-hydrogen) atoms. The van der Waals surface area contributed by atoms with Gasteiger partial charge in [-0.1, -0.05) is 42.5 Å². The predicted octanol–water partition coefficient (Wildman–Crippen LogP) is 5.56. The molecule has 0 spiro atoms. The summed E-state index contributed by atoms with van der Waals surface area (Å²) in [5.41, 5.74) is 2.32. The van der Waals surface area contributed by atoms with Crippen LogP contribution in [0.3, 0.4) is 0 Å². The topological polar surface area (TPSA) is 47.4 Å². The highest BCUT2D eigenvalue weighted by Crippen LogP contribution is 2.34. The Morgan fingerprint density at radius 1 is 0.939 bits per heavy atom. The lowest BCUT2D eigenvalue weighted by Crippen LogP contribution is -2.25. The number of ether oxygens (including phenoxy) is 1. The number of carbonyl (C=O) groups is 1. The lowest BCUT2D eigenvalue weighted by Gasteiger charge is -2.18. The number of aryl methyl sites for hydroxylation is 1.